The molecule has 9 nitrogen and oxygen atoms in total. The Morgan fingerprint density at radius 3 is 2.25 bits per heavy atom. The first kappa shape index (κ1) is 19.7. The van der Waals surface area contributed by atoms with Crippen LogP contribution >= 0.6 is 0 Å². The Bertz CT molecular complexity index is 439. The van der Waals surface area contributed by atoms with Crippen LogP contribution in [0.1, 0.15) is 12.8 Å². The molecule has 140 valence electrons. The van der Waals surface area contributed by atoms with Crippen LogP contribution in [-0.4, -0.2) is 99.0 Å². The van der Waals surface area contributed by atoms with Gasteiger partial charge in [0.25, 0.3) is 0 Å². The van der Waals surface area contributed by atoms with E-state index in [9.17, 15) is 30.6 Å². The maximum Gasteiger partial charge on any atom is 0.186 e. The van der Waals surface area contributed by atoms with Crippen molar-refractivity contribution in [3.63, 3.8) is 0 Å². The van der Waals surface area contributed by atoms with Crippen LogP contribution in [0.25, 0.3) is 0 Å². The van der Waals surface area contributed by atoms with Gasteiger partial charge in [-0.25, -0.2) is 0 Å². The van der Waals surface area contributed by atoms with E-state index in [-0.39, 0.29) is 32.2 Å². The van der Waals surface area contributed by atoms with Crippen molar-refractivity contribution in [2.24, 2.45) is 5.92 Å². The molecule has 0 bridgehead atoms. The quantitative estimate of drug-likeness (QED) is 0.235. The lowest BCUT2D eigenvalue weighted by Crippen LogP contribution is -2.59. The highest BCUT2D eigenvalue weighted by atomic mass is 16.7. The summed E-state index contributed by atoms with van der Waals surface area (Å²) in [5.74, 6) is -0.373. The van der Waals surface area contributed by atoms with Gasteiger partial charge in [-0.3, -0.25) is 0 Å². The van der Waals surface area contributed by atoms with E-state index >= 15 is 0 Å². The van der Waals surface area contributed by atoms with Crippen molar-refractivity contribution < 1.29 is 45.2 Å². The maximum atomic E-state index is 10.0. The molecular weight excluding hydrogens is 324 g/mol. The number of hydrogen-bond donors (Lipinski definition) is 7. The van der Waals surface area contributed by atoms with Gasteiger partial charge in [0.15, 0.2) is 6.29 Å². The van der Waals surface area contributed by atoms with Gasteiger partial charge in [-0.2, -0.15) is 0 Å². The molecule has 0 spiro atoms. The molecule has 1 heterocycles. The predicted molar refractivity (Wildman–Crippen MR) is 79.6 cm³/mol. The zero-order chi connectivity index (χ0) is 17.9. The molecule has 9 heteroatoms. The minimum Gasteiger partial charge on any atom is -0.394 e. The average molecular weight is 350 g/mol. The second kappa shape index (κ2) is 8.65. The molecule has 1 fully saturated rings. The Morgan fingerprint density at radius 2 is 1.67 bits per heavy atom. The Kier molecular flexibility index (Phi) is 7.10. The molecule has 0 aromatic heterocycles. The molecule has 1 aliphatic heterocycles. The van der Waals surface area contributed by atoms with Crippen LogP contribution in [0.5, 0.6) is 0 Å². The first-order valence-electron chi connectivity index (χ1n) is 7.97. The Hall–Kier alpha value is -0.620. The summed E-state index contributed by atoms with van der Waals surface area (Å²) in [4.78, 5) is 0. The summed E-state index contributed by atoms with van der Waals surface area (Å²) >= 11 is 0. The molecule has 0 amide bonds. The zero-order valence-corrected chi connectivity index (χ0v) is 13.2. The molecule has 24 heavy (non-hydrogen) atoms. The van der Waals surface area contributed by atoms with E-state index in [1.165, 1.54) is 0 Å². The highest BCUT2D eigenvalue weighted by Crippen LogP contribution is 2.34. The fraction of sp³-hybridized carbons (Fsp3) is 0.867. The van der Waals surface area contributed by atoms with Crippen molar-refractivity contribution in [1.82, 2.24) is 0 Å². The molecular formula is C15H26O9. The van der Waals surface area contributed by atoms with Gasteiger partial charge in [-0.1, -0.05) is 0 Å². The smallest absolute Gasteiger partial charge is 0.186 e. The van der Waals surface area contributed by atoms with Crippen LogP contribution in [0.3, 0.4) is 0 Å². The first-order valence-corrected chi connectivity index (χ1v) is 7.97. The minimum atomic E-state index is -1.51. The topological polar surface area (TPSA) is 160 Å². The summed E-state index contributed by atoms with van der Waals surface area (Å²) in [5.41, 5.74) is 1.20. The van der Waals surface area contributed by atoms with E-state index in [2.05, 4.69) is 0 Å². The zero-order valence-electron chi connectivity index (χ0n) is 13.2. The fourth-order valence-electron chi connectivity index (χ4n) is 3.30. The van der Waals surface area contributed by atoms with Gasteiger partial charge in [0.05, 0.1) is 32.5 Å². The number of rotatable bonds is 7. The highest BCUT2D eigenvalue weighted by molar-refractivity contribution is 5.26. The molecule has 2 unspecified atom stereocenters. The monoisotopic (exact) mass is 350 g/mol. The molecule has 1 saturated heterocycles. The molecule has 1 aliphatic carbocycles. The van der Waals surface area contributed by atoms with E-state index in [0.717, 1.165) is 0 Å². The minimum absolute atomic E-state index is 0.0482. The second-order valence-corrected chi connectivity index (χ2v) is 6.18. The lowest BCUT2D eigenvalue weighted by molar-refractivity contribution is -0.301. The van der Waals surface area contributed by atoms with Crippen molar-refractivity contribution in [3.05, 3.63) is 11.1 Å². The summed E-state index contributed by atoms with van der Waals surface area (Å²) in [5, 5.41) is 67.0. The molecule has 2 rings (SSSR count). The van der Waals surface area contributed by atoms with E-state index in [1.807, 2.05) is 0 Å². The van der Waals surface area contributed by atoms with Gasteiger partial charge in [0, 0.05) is 5.92 Å². The van der Waals surface area contributed by atoms with Gasteiger partial charge in [-0.15, -0.1) is 0 Å². The Balaban J connectivity index is 1.90. The third-order valence-electron chi connectivity index (χ3n) is 4.74. The number of ether oxygens (including phenoxy) is 2. The van der Waals surface area contributed by atoms with Crippen molar-refractivity contribution in [3.8, 4) is 0 Å². The molecule has 7 atom stereocenters. The summed E-state index contributed by atoms with van der Waals surface area (Å²) in [6.45, 7) is -0.981. The third-order valence-corrected chi connectivity index (χ3v) is 4.74. The highest BCUT2D eigenvalue weighted by Gasteiger charge is 2.44. The van der Waals surface area contributed by atoms with E-state index in [1.54, 1.807) is 0 Å². The lowest BCUT2D eigenvalue weighted by atomic mass is 9.96. The van der Waals surface area contributed by atoms with Gasteiger partial charge in [0.2, 0.25) is 0 Å². The molecule has 0 aromatic carbocycles. The fourth-order valence-corrected chi connectivity index (χ4v) is 3.30. The number of hydrogen-bond acceptors (Lipinski definition) is 9. The Labute approximate surface area is 139 Å². The van der Waals surface area contributed by atoms with Gasteiger partial charge in [-0.05, 0) is 24.0 Å². The number of aliphatic hydroxyl groups excluding tert-OH is 7. The number of aliphatic hydroxyl groups is 7. The SMILES string of the molecule is OCC1=C(CO)C(CCO[C@H]2O[C@@H](CO)[C@H](O)[C@@H](O)[C@@H]2O)C(O)C1. The van der Waals surface area contributed by atoms with Crippen LogP contribution in [0.4, 0.5) is 0 Å². The maximum absolute atomic E-state index is 10.0. The van der Waals surface area contributed by atoms with Crippen molar-refractivity contribution in [2.45, 2.75) is 49.7 Å². The standard InChI is InChI=1S/C15H26O9/c16-4-7-3-10(19)8(9(7)5-17)1-2-23-15-14(22)13(21)12(20)11(6-18)24-15/h8,10-22H,1-6H2/t8?,10?,11-,12-,13+,14-,15-/m0/s1. The normalized spacial score (nSPS) is 40.4. The van der Waals surface area contributed by atoms with E-state index < -0.39 is 43.4 Å². The van der Waals surface area contributed by atoms with Crippen LogP contribution in [-0.2, 0) is 9.47 Å². The van der Waals surface area contributed by atoms with Crippen molar-refractivity contribution in [2.75, 3.05) is 26.4 Å². The molecule has 7 N–H and O–H groups in total. The summed E-state index contributed by atoms with van der Waals surface area (Å²) < 4.78 is 10.6. The van der Waals surface area contributed by atoms with Gasteiger partial charge < -0.3 is 45.2 Å². The van der Waals surface area contributed by atoms with Crippen LogP contribution in [0.15, 0.2) is 11.1 Å². The predicted octanol–water partition coefficient (Wildman–Crippen LogP) is -3.14. The van der Waals surface area contributed by atoms with E-state index in [4.69, 9.17) is 14.6 Å². The van der Waals surface area contributed by atoms with Crippen LogP contribution < -0.4 is 0 Å². The largest absolute Gasteiger partial charge is 0.394 e. The van der Waals surface area contributed by atoms with Crippen LogP contribution in [0, 0.1) is 5.92 Å². The first-order chi connectivity index (χ1) is 11.4. The van der Waals surface area contributed by atoms with Gasteiger partial charge >= 0.3 is 0 Å². The van der Waals surface area contributed by atoms with E-state index in [0.29, 0.717) is 17.6 Å². The molecule has 0 aromatic rings. The molecule has 0 radical (unpaired) electrons. The third kappa shape index (κ3) is 3.96. The van der Waals surface area contributed by atoms with Crippen molar-refractivity contribution >= 4 is 0 Å². The average Bonchev–Trinajstić information content (AvgIpc) is 2.90. The summed E-state index contributed by atoms with van der Waals surface area (Å²) in [7, 11) is 0. The molecule has 2 aliphatic rings. The summed E-state index contributed by atoms with van der Waals surface area (Å²) in [6.07, 6.45) is -6.82. The van der Waals surface area contributed by atoms with Gasteiger partial charge in [0.1, 0.15) is 24.4 Å². The second-order valence-electron chi connectivity index (χ2n) is 6.18. The van der Waals surface area contributed by atoms with Crippen molar-refractivity contribution in [1.29, 1.82) is 0 Å². The lowest BCUT2D eigenvalue weighted by Gasteiger charge is -2.39. The van der Waals surface area contributed by atoms with Crippen LogP contribution in [0.2, 0.25) is 0 Å². The Morgan fingerprint density at radius 1 is 0.958 bits per heavy atom. The molecule has 0 saturated carbocycles. The summed E-state index contributed by atoms with van der Waals surface area (Å²) in [6, 6.07) is 0.